The monoisotopic (exact) mass is 210 g/mol. The molecule has 0 rings (SSSR count). The standard InChI is InChI=1S/C8H16.H3O4P/c1-4-5-6-7-8(2)3;1-5(2,3)4/h2,4-7H2,1,3H3;(H3,1,2,3,4). The van der Waals surface area contributed by atoms with Crippen LogP contribution < -0.4 is 0 Å². The number of hydrogen-bond acceptors (Lipinski definition) is 1. The Kier molecular flexibility index (Phi) is 9.96. The summed E-state index contributed by atoms with van der Waals surface area (Å²) in [5.74, 6) is 0. The van der Waals surface area contributed by atoms with Crippen molar-refractivity contribution in [2.45, 2.75) is 39.5 Å². The largest absolute Gasteiger partial charge is 0.466 e. The summed E-state index contributed by atoms with van der Waals surface area (Å²) in [5.41, 5.74) is 1.32. The number of phosphoric acid groups is 1. The summed E-state index contributed by atoms with van der Waals surface area (Å²) in [6.07, 6.45) is 5.21. The van der Waals surface area contributed by atoms with Crippen molar-refractivity contribution in [3.8, 4) is 0 Å². The summed E-state index contributed by atoms with van der Waals surface area (Å²) in [6.45, 7) is 8.14. The van der Waals surface area contributed by atoms with Gasteiger partial charge in [0.15, 0.2) is 0 Å². The predicted octanol–water partition coefficient (Wildman–Crippen LogP) is 2.21. The summed E-state index contributed by atoms with van der Waals surface area (Å²) in [4.78, 5) is 21.6. The fourth-order valence-electron chi connectivity index (χ4n) is 0.677. The van der Waals surface area contributed by atoms with Gasteiger partial charge in [-0.2, -0.15) is 0 Å². The Morgan fingerprint density at radius 1 is 1.31 bits per heavy atom. The lowest BCUT2D eigenvalue weighted by Crippen LogP contribution is -1.74. The molecule has 0 spiro atoms. The van der Waals surface area contributed by atoms with Crippen LogP contribution in [0.25, 0.3) is 0 Å². The molecule has 0 aliphatic carbocycles. The molecule has 3 N–H and O–H groups in total. The van der Waals surface area contributed by atoms with Crippen LogP contribution in [0.5, 0.6) is 0 Å². The first-order valence-corrected chi connectivity index (χ1v) is 5.76. The zero-order chi connectivity index (χ0) is 10.9. The molecular weight excluding hydrogens is 191 g/mol. The second kappa shape index (κ2) is 8.45. The minimum atomic E-state index is -4.64. The minimum Gasteiger partial charge on any atom is -0.303 e. The highest BCUT2D eigenvalue weighted by molar-refractivity contribution is 7.45. The van der Waals surface area contributed by atoms with Crippen LogP contribution in [0.2, 0.25) is 0 Å². The van der Waals surface area contributed by atoms with E-state index >= 15 is 0 Å². The second-order valence-electron chi connectivity index (χ2n) is 2.93. The van der Waals surface area contributed by atoms with E-state index in [9.17, 15) is 0 Å². The van der Waals surface area contributed by atoms with E-state index < -0.39 is 7.82 Å². The van der Waals surface area contributed by atoms with Gasteiger partial charge in [0, 0.05) is 0 Å². The SMILES string of the molecule is C=C(C)CCCCC.O=P(O)(O)O. The van der Waals surface area contributed by atoms with E-state index in [1.54, 1.807) is 0 Å². The van der Waals surface area contributed by atoms with Gasteiger partial charge in [0.2, 0.25) is 0 Å². The van der Waals surface area contributed by atoms with Gasteiger partial charge in [0.1, 0.15) is 0 Å². The Hall–Kier alpha value is -0.150. The molecule has 5 heteroatoms. The lowest BCUT2D eigenvalue weighted by Gasteiger charge is -1.94. The predicted molar refractivity (Wildman–Crippen MR) is 53.2 cm³/mol. The number of unbranched alkanes of at least 4 members (excludes halogenated alkanes) is 2. The molecule has 0 aromatic rings. The molecule has 0 heterocycles. The summed E-state index contributed by atoms with van der Waals surface area (Å²) in [5, 5.41) is 0. The molecule has 80 valence electrons. The Labute approximate surface area is 79.5 Å². The Bertz CT molecular complexity index is 165. The Morgan fingerprint density at radius 3 is 1.92 bits per heavy atom. The number of rotatable bonds is 4. The Morgan fingerprint density at radius 2 is 1.69 bits per heavy atom. The van der Waals surface area contributed by atoms with Crippen molar-refractivity contribution in [2.75, 3.05) is 0 Å². The zero-order valence-corrected chi connectivity index (χ0v) is 9.13. The van der Waals surface area contributed by atoms with Gasteiger partial charge in [-0.25, -0.2) is 4.57 Å². The van der Waals surface area contributed by atoms with Crippen LogP contribution in [0.3, 0.4) is 0 Å². The van der Waals surface area contributed by atoms with E-state index in [0.717, 1.165) is 0 Å². The van der Waals surface area contributed by atoms with Crippen LogP contribution in [0.15, 0.2) is 12.2 Å². The first kappa shape index (κ1) is 15.3. The van der Waals surface area contributed by atoms with E-state index in [0.29, 0.717) is 0 Å². The smallest absolute Gasteiger partial charge is 0.303 e. The highest BCUT2D eigenvalue weighted by Gasteiger charge is 2.00. The average molecular weight is 210 g/mol. The van der Waals surface area contributed by atoms with Gasteiger partial charge in [-0.05, 0) is 19.8 Å². The van der Waals surface area contributed by atoms with Crippen molar-refractivity contribution in [3.05, 3.63) is 12.2 Å². The molecule has 13 heavy (non-hydrogen) atoms. The molecule has 0 aliphatic rings. The van der Waals surface area contributed by atoms with Crippen molar-refractivity contribution in [1.82, 2.24) is 0 Å². The third kappa shape index (κ3) is 48.9. The maximum absolute atomic E-state index is 8.88. The highest BCUT2D eigenvalue weighted by atomic mass is 31.2. The molecule has 0 saturated heterocycles. The van der Waals surface area contributed by atoms with Gasteiger partial charge >= 0.3 is 7.82 Å². The van der Waals surface area contributed by atoms with Crippen LogP contribution in [0.4, 0.5) is 0 Å². The Balaban J connectivity index is 0. The first-order valence-electron chi connectivity index (χ1n) is 4.20. The van der Waals surface area contributed by atoms with E-state index in [4.69, 9.17) is 19.2 Å². The van der Waals surface area contributed by atoms with Gasteiger partial charge in [0.05, 0.1) is 0 Å². The minimum absolute atomic E-state index is 1.22. The van der Waals surface area contributed by atoms with Crippen molar-refractivity contribution in [3.63, 3.8) is 0 Å². The first-order chi connectivity index (χ1) is 5.77. The van der Waals surface area contributed by atoms with Crippen molar-refractivity contribution in [2.24, 2.45) is 0 Å². The van der Waals surface area contributed by atoms with Crippen LogP contribution in [0, 0.1) is 0 Å². The lowest BCUT2D eigenvalue weighted by molar-refractivity contribution is 0.275. The van der Waals surface area contributed by atoms with Crippen LogP contribution in [-0.4, -0.2) is 14.7 Å². The maximum Gasteiger partial charge on any atom is 0.466 e. The van der Waals surface area contributed by atoms with E-state index in [1.165, 1.54) is 31.3 Å². The fraction of sp³-hybridized carbons (Fsp3) is 0.750. The number of allylic oxidation sites excluding steroid dienone is 1. The normalized spacial score (nSPS) is 10.2. The lowest BCUT2D eigenvalue weighted by atomic mass is 10.1. The molecule has 0 radical (unpaired) electrons. The van der Waals surface area contributed by atoms with Crippen LogP contribution in [0.1, 0.15) is 39.5 Å². The molecule has 0 saturated carbocycles. The van der Waals surface area contributed by atoms with Crippen molar-refractivity contribution < 1.29 is 19.2 Å². The fourth-order valence-corrected chi connectivity index (χ4v) is 0.677. The summed E-state index contributed by atoms with van der Waals surface area (Å²) < 4.78 is 8.88. The quantitative estimate of drug-likeness (QED) is 0.377. The van der Waals surface area contributed by atoms with Gasteiger partial charge in [-0.15, -0.1) is 6.58 Å². The zero-order valence-electron chi connectivity index (χ0n) is 8.23. The van der Waals surface area contributed by atoms with Crippen molar-refractivity contribution in [1.29, 1.82) is 0 Å². The molecule has 0 aromatic heterocycles. The summed E-state index contributed by atoms with van der Waals surface area (Å²) in [7, 11) is -4.64. The average Bonchev–Trinajstić information content (AvgIpc) is 1.83. The third-order valence-corrected chi connectivity index (χ3v) is 1.21. The summed E-state index contributed by atoms with van der Waals surface area (Å²) >= 11 is 0. The molecule has 4 nitrogen and oxygen atoms in total. The van der Waals surface area contributed by atoms with Crippen LogP contribution >= 0.6 is 7.82 Å². The molecule has 0 fully saturated rings. The van der Waals surface area contributed by atoms with E-state index in [1.807, 2.05) is 0 Å². The van der Waals surface area contributed by atoms with Crippen LogP contribution in [-0.2, 0) is 4.57 Å². The molecule has 0 bridgehead atoms. The molecule has 0 aliphatic heterocycles. The molecular formula is C8H19O4P. The highest BCUT2D eigenvalue weighted by Crippen LogP contribution is 2.25. The number of hydrogen-bond donors (Lipinski definition) is 3. The van der Waals surface area contributed by atoms with E-state index in [-0.39, 0.29) is 0 Å². The molecule has 0 amide bonds. The van der Waals surface area contributed by atoms with Crippen molar-refractivity contribution >= 4 is 7.82 Å². The molecule has 0 atom stereocenters. The van der Waals surface area contributed by atoms with E-state index in [2.05, 4.69) is 20.4 Å². The van der Waals surface area contributed by atoms with Gasteiger partial charge in [-0.1, -0.05) is 25.3 Å². The topological polar surface area (TPSA) is 77.8 Å². The second-order valence-corrected chi connectivity index (χ2v) is 3.95. The molecule has 0 aromatic carbocycles. The molecule has 0 unspecified atom stereocenters. The van der Waals surface area contributed by atoms with Gasteiger partial charge < -0.3 is 14.7 Å². The van der Waals surface area contributed by atoms with Gasteiger partial charge in [-0.3, -0.25) is 0 Å². The third-order valence-electron chi connectivity index (χ3n) is 1.21. The maximum atomic E-state index is 8.88. The van der Waals surface area contributed by atoms with Gasteiger partial charge in [0.25, 0.3) is 0 Å². The summed E-state index contributed by atoms with van der Waals surface area (Å²) in [6, 6.07) is 0.